The molecule has 1 amide bonds. The number of halogens is 1. The van der Waals surface area contributed by atoms with Crippen LogP contribution in [0.5, 0.6) is 0 Å². The topological polar surface area (TPSA) is 89.8 Å². The number of pyridine rings is 1. The van der Waals surface area contributed by atoms with Crippen molar-refractivity contribution in [1.29, 1.82) is 0 Å². The second kappa shape index (κ2) is 7.94. The molecule has 0 saturated carbocycles. The molecule has 9 nitrogen and oxygen atoms in total. The molecule has 0 radical (unpaired) electrons. The molecule has 1 aliphatic heterocycles. The summed E-state index contributed by atoms with van der Waals surface area (Å²) in [7, 11) is 3.00. The van der Waals surface area contributed by atoms with Gasteiger partial charge in [-0.15, -0.1) is 0 Å². The summed E-state index contributed by atoms with van der Waals surface area (Å²) >= 11 is 6.29. The van der Waals surface area contributed by atoms with Crippen molar-refractivity contribution < 1.29 is 19.1 Å². The summed E-state index contributed by atoms with van der Waals surface area (Å²) in [6.45, 7) is 10.6. The van der Waals surface area contributed by atoms with Gasteiger partial charge in [0.15, 0.2) is 5.65 Å². The number of carbonyl (C=O) groups is 2. The third-order valence-corrected chi connectivity index (χ3v) is 5.26. The molecule has 2 aromatic heterocycles. The minimum absolute atomic E-state index is 0.0287. The number of fused-ring (bicyclic) bond motifs is 1. The maximum atomic E-state index is 12.6. The molecule has 0 aromatic carbocycles. The monoisotopic (exact) mass is 437 g/mol. The van der Waals surface area contributed by atoms with Crippen LogP contribution < -0.4 is 4.90 Å². The fraction of sp³-hybridized carbons (Fsp3) is 0.600. The maximum Gasteiger partial charge on any atom is 0.410 e. The summed E-state index contributed by atoms with van der Waals surface area (Å²) in [5.74, 6) is -0.398. The summed E-state index contributed by atoms with van der Waals surface area (Å²) in [6.07, 6.45) is -0.328. The largest absolute Gasteiger partial charge is 0.463 e. The first-order valence-electron chi connectivity index (χ1n) is 9.80. The summed E-state index contributed by atoms with van der Waals surface area (Å²) in [6, 6.07) is 1.62. The molecular formula is C20H28ClN5O4. The van der Waals surface area contributed by atoms with Crippen LogP contribution in [0.4, 0.5) is 10.5 Å². The standard InChI is InChI=1S/C20H28ClN5O4/c1-11-10-26(19(28)30-20(3,4)5)12(2)9-25(11)13-8-14(21)22-16-15(13)23-17(24(16)6)18(27)29-7/h8,11-12H,9-10H2,1-7H3/t11-,12+/m0/s1. The number of hydrogen-bond donors (Lipinski definition) is 0. The van der Waals surface area contributed by atoms with Gasteiger partial charge >= 0.3 is 12.1 Å². The van der Waals surface area contributed by atoms with E-state index in [2.05, 4.69) is 14.9 Å². The maximum absolute atomic E-state index is 12.6. The van der Waals surface area contributed by atoms with Crippen molar-refractivity contribution in [2.45, 2.75) is 52.3 Å². The molecule has 3 heterocycles. The van der Waals surface area contributed by atoms with Crippen molar-refractivity contribution in [3.63, 3.8) is 0 Å². The number of hydrogen-bond acceptors (Lipinski definition) is 7. The van der Waals surface area contributed by atoms with Crippen molar-refractivity contribution >= 4 is 40.5 Å². The van der Waals surface area contributed by atoms with Gasteiger partial charge in [-0.2, -0.15) is 0 Å². The Morgan fingerprint density at radius 2 is 1.83 bits per heavy atom. The molecule has 0 spiro atoms. The minimum atomic E-state index is -0.555. The number of carbonyl (C=O) groups excluding carboxylic acids is 2. The second-order valence-electron chi connectivity index (χ2n) is 8.61. The summed E-state index contributed by atoms with van der Waals surface area (Å²) in [5, 5.41) is 0.298. The van der Waals surface area contributed by atoms with Gasteiger partial charge in [0.05, 0.1) is 12.8 Å². The van der Waals surface area contributed by atoms with Crippen LogP contribution in [0.25, 0.3) is 11.2 Å². The number of rotatable bonds is 2. The van der Waals surface area contributed by atoms with E-state index in [0.29, 0.717) is 29.4 Å². The van der Waals surface area contributed by atoms with Crippen molar-refractivity contribution in [2.75, 3.05) is 25.1 Å². The van der Waals surface area contributed by atoms with Gasteiger partial charge in [-0.25, -0.2) is 19.6 Å². The zero-order chi connectivity index (χ0) is 22.4. The Labute approximate surface area is 180 Å². The Kier molecular flexibility index (Phi) is 5.86. The lowest BCUT2D eigenvalue weighted by Crippen LogP contribution is -2.59. The van der Waals surface area contributed by atoms with E-state index in [0.717, 1.165) is 5.69 Å². The first kappa shape index (κ1) is 22.1. The average molecular weight is 438 g/mol. The Morgan fingerprint density at radius 1 is 1.17 bits per heavy atom. The number of aryl methyl sites for hydroxylation is 1. The predicted molar refractivity (Wildman–Crippen MR) is 114 cm³/mol. The molecule has 1 fully saturated rings. The van der Waals surface area contributed by atoms with Crippen molar-refractivity contribution in [3.8, 4) is 0 Å². The van der Waals surface area contributed by atoms with Crippen LogP contribution >= 0.6 is 11.6 Å². The number of amides is 1. The van der Waals surface area contributed by atoms with Gasteiger partial charge in [0.2, 0.25) is 5.82 Å². The lowest BCUT2D eigenvalue weighted by molar-refractivity contribution is 0.0130. The Hall–Kier alpha value is -2.55. The highest BCUT2D eigenvalue weighted by Gasteiger charge is 2.36. The van der Waals surface area contributed by atoms with Crippen LogP contribution in [0.2, 0.25) is 5.15 Å². The third-order valence-electron chi connectivity index (χ3n) is 5.07. The van der Waals surface area contributed by atoms with Crippen LogP contribution in [0.1, 0.15) is 45.2 Å². The minimum Gasteiger partial charge on any atom is -0.463 e. The molecule has 1 saturated heterocycles. The molecule has 2 aromatic rings. The summed E-state index contributed by atoms with van der Waals surface area (Å²) in [5.41, 5.74) is 1.26. The van der Waals surface area contributed by atoms with Gasteiger partial charge < -0.3 is 23.8 Å². The Morgan fingerprint density at radius 3 is 2.43 bits per heavy atom. The zero-order valence-electron chi connectivity index (χ0n) is 18.4. The van der Waals surface area contributed by atoms with E-state index in [1.165, 1.54) is 7.11 Å². The van der Waals surface area contributed by atoms with E-state index in [-0.39, 0.29) is 24.0 Å². The van der Waals surface area contributed by atoms with Crippen LogP contribution in [-0.2, 0) is 16.5 Å². The average Bonchev–Trinajstić information content (AvgIpc) is 2.97. The number of imidazole rings is 1. The van der Waals surface area contributed by atoms with E-state index >= 15 is 0 Å². The molecule has 2 atom stereocenters. The molecule has 0 bridgehead atoms. The second-order valence-corrected chi connectivity index (χ2v) is 8.99. The molecule has 3 rings (SSSR count). The van der Waals surface area contributed by atoms with E-state index in [9.17, 15) is 9.59 Å². The van der Waals surface area contributed by atoms with E-state index in [4.69, 9.17) is 21.1 Å². The van der Waals surface area contributed by atoms with Crippen molar-refractivity contribution in [2.24, 2.45) is 7.05 Å². The van der Waals surface area contributed by atoms with Gasteiger partial charge in [0.1, 0.15) is 16.3 Å². The number of anilines is 1. The summed E-state index contributed by atoms with van der Waals surface area (Å²) < 4.78 is 12.0. The molecule has 0 aliphatic carbocycles. The van der Waals surface area contributed by atoms with E-state index in [1.807, 2.05) is 34.6 Å². The van der Waals surface area contributed by atoms with Crippen LogP contribution in [0.3, 0.4) is 0 Å². The SMILES string of the molecule is COC(=O)c1nc2c(N3C[C@@H](C)N(C(=O)OC(C)(C)C)C[C@@H]3C)cc(Cl)nc2n1C. The zero-order valence-corrected chi connectivity index (χ0v) is 19.1. The molecule has 10 heteroatoms. The number of methoxy groups -OCH3 is 1. The smallest absolute Gasteiger partial charge is 0.410 e. The summed E-state index contributed by atoms with van der Waals surface area (Å²) in [4.78, 5) is 37.4. The normalized spacial score (nSPS) is 19.9. The highest BCUT2D eigenvalue weighted by atomic mass is 35.5. The molecular weight excluding hydrogens is 410 g/mol. The fourth-order valence-corrected chi connectivity index (χ4v) is 3.82. The Bertz CT molecular complexity index is 984. The molecule has 0 N–H and O–H groups in total. The molecule has 1 aliphatic rings. The van der Waals surface area contributed by atoms with Crippen molar-refractivity contribution in [3.05, 3.63) is 17.0 Å². The molecule has 164 valence electrons. The number of piperazine rings is 1. The third kappa shape index (κ3) is 4.16. The van der Waals surface area contributed by atoms with E-state index in [1.54, 1.807) is 22.6 Å². The molecule has 0 unspecified atom stereocenters. The fourth-order valence-electron chi connectivity index (χ4n) is 3.63. The Balaban J connectivity index is 1.97. The van der Waals surface area contributed by atoms with Crippen LogP contribution in [0.15, 0.2) is 6.07 Å². The number of nitrogens with zero attached hydrogens (tertiary/aromatic N) is 5. The first-order chi connectivity index (χ1) is 13.9. The lowest BCUT2D eigenvalue weighted by atomic mass is 10.1. The van der Waals surface area contributed by atoms with Gasteiger partial charge in [-0.3, -0.25) is 0 Å². The van der Waals surface area contributed by atoms with Gasteiger partial charge in [0.25, 0.3) is 0 Å². The number of ether oxygens (including phenoxy) is 2. The van der Waals surface area contributed by atoms with Crippen LogP contribution in [-0.4, -0.2) is 69.4 Å². The van der Waals surface area contributed by atoms with Gasteiger partial charge in [-0.1, -0.05) is 11.6 Å². The van der Waals surface area contributed by atoms with Gasteiger partial charge in [-0.05, 0) is 34.6 Å². The highest BCUT2D eigenvalue weighted by molar-refractivity contribution is 6.30. The predicted octanol–water partition coefficient (Wildman–Crippen LogP) is 3.24. The van der Waals surface area contributed by atoms with Gasteiger partial charge in [0, 0.05) is 38.3 Å². The lowest BCUT2D eigenvalue weighted by Gasteiger charge is -2.45. The van der Waals surface area contributed by atoms with Crippen molar-refractivity contribution in [1.82, 2.24) is 19.4 Å². The number of aromatic nitrogens is 3. The van der Waals surface area contributed by atoms with E-state index < -0.39 is 11.6 Å². The number of esters is 1. The quantitative estimate of drug-likeness (QED) is 0.526. The van der Waals surface area contributed by atoms with Crippen LogP contribution in [0, 0.1) is 0 Å². The first-order valence-corrected chi connectivity index (χ1v) is 10.2. The highest BCUT2D eigenvalue weighted by Crippen LogP contribution is 2.32. The molecule has 30 heavy (non-hydrogen) atoms.